The number of aryl methyl sites for hydroxylation is 2. The van der Waals surface area contributed by atoms with Crippen LogP contribution in [0.5, 0.6) is 5.75 Å². The van der Waals surface area contributed by atoms with Gasteiger partial charge in [-0.3, -0.25) is 4.79 Å². The molecule has 1 rings (SSSR count). The molecule has 0 radical (unpaired) electrons. The van der Waals surface area contributed by atoms with Crippen LogP contribution in [0.2, 0.25) is 0 Å². The molecule has 1 N–H and O–H groups in total. The summed E-state index contributed by atoms with van der Waals surface area (Å²) < 4.78 is 5.29. The van der Waals surface area contributed by atoms with Gasteiger partial charge < -0.3 is 10.1 Å². The van der Waals surface area contributed by atoms with Crippen molar-refractivity contribution < 1.29 is 9.53 Å². The Morgan fingerprint density at radius 1 is 1.40 bits per heavy atom. The summed E-state index contributed by atoms with van der Waals surface area (Å²) in [7, 11) is 1.64. The molecule has 15 heavy (non-hydrogen) atoms. The lowest BCUT2D eigenvalue weighted by Crippen LogP contribution is -2.11. The van der Waals surface area contributed by atoms with E-state index in [0.29, 0.717) is 6.54 Å². The van der Waals surface area contributed by atoms with E-state index in [1.165, 1.54) is 0 Å². The Kier molecular flexibility index (Phi) is 3.72. The summed E-state index contributed by atoms with van der Waals surface area (Å²) in [5.41, 5.74) is 3.10. The van der Waals surface area contributed by atoms with Gasteiger partial charge in [0, 0.05) is 0 Å². The van der Waals surface area contributed by atoms with Crippen molar-refractivity contribution in [2.24, 2.45) is 0 Å². The predicted octanol–water partition coefficient (Wildman–Crippen LogP) is 2.31. The number of nitrogens with one attached hydrogen (secondary N) is 1. The van der Waals surface area contributed by atoms with E-state index >= 15 is 0 Å². The minimum atomic E-state index is 0.108. The molecule has 82 valence electrons. The van der Waals surface area contributed by atoms with E-state index in [9.17, 15) is 4.79 Å². The van der Waals surface area contributed by atoms with Crippen molar-refractivity contribution in [3.05, 3.63) is 23.3 Å². The first-order valence-electron chi connectivity index (χ1n) is 4.93. The van der Waals surface area contributed by atoms with Gasteiger partial charge in [0.05, 0.1) is 19.3 Å². The molecule has 3 heteroatoms. The smallest absolute Gasteiger partial charge is 0.148 e. The molecule has 0 saturated carbocycles. The molecule has 0 aromatic heterocycles. The Labute approximate surface area is 90.4 Å². The molecule has 0 atom stereocenters. The van der Waals surface area contributed by atoms with Gasteiger partial charge in [0.25, 0.3) is 0 Å². The average Bonchev–Trinajstić information content (AvgIpc) is 2.13. The van der Waals surface area contributed by atoms with Gasteiger partial charge in [-0.15, -0.1) is 0 Å². The Hall–Kier alpha value is -1.51. The van der Waals surface area contributed by atoms with Crippen LogP contribution in [0.4, 0.5) is 5.69 Å². The van der Waals surface area contributed by atoms with Crippen LogP contribution in [0.1, 0.15) is 18.1 Å². The van der Waals surface area contributed by atoms with E-state index in [-0.39, 0.29) is 5.78 Å². The maximum absolute atomic E-state index is 10.9. The van der Waals surface area contributed by atoms with Gasteiger partial charge in [0.2, 0.25) is 0 Å². The molecule has 0 aliphatic rings. The van der Waals surface area contributed by atoms with Crippen LogP contribution in [0.25, 0.3) is 0 Å². The highest BCUT2D eigenvalue weighted by Gasteiger charge is 2.07. The quantitative estimate of drug-likeness (QED) is 0.823. The fourth-order valence-electron chi connectivity index (χ4n) is 1.58. The monoisotopic (exact) mass is 207 g/mol. The number of hydrogen-bond donors (Lipinski definition) is 1. The van der Waals surface area contributed by atoms with Crippen LogP contribution in [0.15, 0.2) is 12.1 Å². The second-order valence-corrected chi connectivity index (χ2v) is 3.72. The van der Waals surface area contributed by atoms with Gasteiger partial charge in [-0.05, 0) is 38.0 Å². The van der Waals surface area contributed by atoms with Gasteiger partial charge in [-0.1, -0.05) is 6.07 Å². The van der Waals surface area contributed by atoms with Gasteiger partial charge >= 0.3 is 0 Å². The third-order valence-corrected chi connectivity index (χ3v) is 2.15. The van der Waals surface area contributed by atoms with Crippen molar-refractivity contribution in [1.29, 1.82) is 0 Å². The Bertz CT molecular complexity index is 372. The first-order chi connectivity index (χ1) is 7.04. The Morgan fingerprint density at radius 2 is 2.07 bits per heavy atom. The van der Waals surface area contributed by atoms with Crippen LogP contribution >= 0.6 is 0 Å². The number of carbonyl (C=O) groups is 1. The largest absolute Gasteiger partial charge is 0.494 e. The van der Waals surface area contributed by atoms with Gasteiger partial charge in [-0.25, -0.2) is 0 Å². The lowest BCUT2D eigenvalue weighted by molar-refractivity contribution is -0.115. The average molecular weight is 207 g/mol. The second kappa shape index (κ2) is 4.82. The summed E-state index contributed by atoms with van der Waals surface area (Å²) in [5.74, 6) is 0.915. The zero-order valence-corrected chi connectivity index (χ0v) is 9.68. The van der Waals surface area contributed by atoms with Crippen LogP contribution in [0.3, 0.4) is 0 Å². The number of anilines is 1. The predicted molar refractivity (Wildman–Crippen MR) is 61.6 cm³/mol. The molecular formula is C12H17NO2. The summed E-state index contributed by atoms with van der Waals surface area (Å²) in [6, 6.07) is 4.03. The fourth-order valence-corrected chi connectivity index (χ4v) is 1.58. The standard InChI is InChI=1S/C12H17NO2/c1-8-5-9(2)12(15-4)11(6-8)13-7-10(3)14/h5-6,13H,7H2,1-4H3. The molecule has 0 fully saturated rings. The van der Waals surface area contributed by atoms with E-state index in [2.05, 4.69) is 11.4 Å². The molecule has 0 saturated heterocycles. The van der Waals surface area contributed by atoms with Crippen LogP contribution in [-0.2, 0) is 4.79 Å². The van der Waals surface area contributed by atoms with Crippen molar-refractivity contribution in [1.82, 2.24) is 0 Å². The number of carbonyl (C=O) groups excluding carboxylic acids is 1. The molecule has 0 spiro atoms. The van der Waals surface area contributed by atoms with E-state index < -0.39 is 0 Å². The highest BCUT2D eigenvalue weighted by atomic mass is 16.5. The van der Waals surface area contributed by atoms with Crippen LogP contribution in [-0.4, -0.2) is 19.4 Å². The summed E-state index contributed by atoms with van der Waals surface area (Å²) in [5, 5.41) is 3.07. The fraction of sp³-hybridized carbons (Fsp3) is 0.417. The minimum absolute atomic E-state index is 0.108. The zero-order valence-electron chi connectivity index (χ0n) is 9.68. The zero-order chi connectivity index (χ0) is 11.4. The maximum atomic E-state index is 10.9. The molecule has 0 unspecified atom stereocenters. The minimum Gasteiger partial charge on any atom is -0.494 e. The topological polar surface area (TPSA) is 38.3 Å². The number of Topliss-reactive ketones (excluding diaryl/α,β-unsaturated/α-hetero) is 1. The van der Waals surface area contributed by atoms with E-state index in [0.717, 1.165) is 22.6 Å². The van der Waals surface area contributed by atoms with E-state index in [1.54, 1.807) is 14.0 Å². The van der Waals surface area contributed by atoms with Crippen molar-refractivity contribution in [2.75, 3.05) is 19.0 Å². The summed E-state index contributed by atoms with van der Waals surface area (Å²) in [6.45, 7) is 5.90. The molecular weight excluding hydrogens is 190 g/mol. The molecule has 0 bridgehead atoms. The lowest BCUT2D eigenvalue weighted by Gasteiger charge is -2.13. The van der Waals surface area contributed by atoms with Crippen molar-refractivity contribution in [3.8, 4) is 5.75 Å². The van der Waals surface area contributed by atoms with Crippen molar-refractivity contribution in [3.63, 3.8) is 0 Å². The Morgan fingerprint density at radius 3 is 2.60 bits per heavy atom. The van der Waals surface area contributed by atoms with Crippen molar-refractivity contribution in [2.45, 2.75) is 20.8 Å². The molecule has 0 aliphatic heterocycles. The number of ketones is 1. The first kappa shape index (κ1) is 11.6. The number of benzene rings is 1. The molecule has 0 heterocycles. The van der Waals surface area contributed by atoms with E-state index in [4.69, 9.17) is 4.74 Å². The van der Waals surface area contributed by atoms with E-state index in [1.807, 2.05) is 19.9 Å². The third-order valence-electron chi connectivity index (χ3n) is 2.15. The third kappa shape index (κ3) is 2.98. The van der Waals surface area contributed by atoms with Gasteiger partial charge in [0.1, 0.15) is 11.5 Å². The normalized spacial score (nSPS) is 9.87. The molecule has 0 aliphatic carbocycles. The van der Waals surface area contributed by atoms with Crippen molar-refractivity contribution >= 4 is 11.5 Å². The molecule has 1 aromatic carbocycles. The summed E-state index contributed by atoms with van der Waals surface area (Å²) in [4.78, 5) is 10.9. The first-order valence-corrected chi connectivity index (χ1v) is 4.93. The molecule has 1 aromatic rings. The molecule has 0 amide bonds. The highest BCUT2D eigenvalue weighted by molar-refractivity contribution is 5.81. The summed E-state index contributed by atoms with van der Waals surface area (Å²) >= 11 is 0. The molecule has 3 nitrogen and oxygen atoms in total. The second-order valence-electron chi connectivity index (χ2n) is 3.72. The lowest BCUT2D eigenvalue weighted by atomic mass is 10.1. The highest BCUT2D eigenvalue weighted by Crippen LogP contribution is 2.29. The number of hydrogen-bond acceptors (Lipinski definition) is 3. The number of ether oxygens (including phenoxy) is 1. The van der Waals surface area contributed by atoms with Crippen LogP contribution < -0.4 is 10.1 Å². The van der Waals surface area contributed by atoms with Crippen LogP contribution in [0, 0.1) is 13.8 Å². The number of rotatable bonds is 4. The number of methoxy groups -OCH3 is 1. The SMILES string of the molecule is COc1c(C)cc(C)cc1NCC(C)=O. The summed E-state index contributed by atoms with van der Waals surface area (Å²) in [6.07, 6.45) is 0. The van der Waals surface area contributed by atoms with Gasteiger partial charge in [-0.2, -0.15) is 0 Å². The maximum Gasteiger partial charge on any atom is 0.148 e. The Balaban J connectivity index is 2.98. The van der Waals surface area contributed by atoms with Gasteiger partial charge in [0.15, 0.2) is 0 Å².